The van der Waals surface area contributed by atoms with Crippen LogP contribution in [0.5, 0.6) is 0 Å². The van der Waals surface area contributed by atoms with E-state index in [1.807, 2.05) is 0 Å². The molecule has 1 N–H and O–H groups in total. The lowest BCUT2D eigenvalue weighted by Gasteiger charge is -2.33. The van der Waals surface area contributed by atoms with Gasteiger partial charge < -0.3 is 0 Å². The van der Waals surface area contributed by atoms with Crippen LogP contribution in [0.25, 0.3) is 0 Å². The van der Waals surface area contributed by atoms with Crippen LogP contribution in [0.1, 0.15) is 19.8 Å². The van der Waals surface area contributed by atoms with Gasteiger partial charge in [-0.15, -0.1) is 0 Å². The van der Waals surface area contributed by atoms with E-state index in [4.69, 9.17) is 0 Å². The molecule has 72 valence electrons. The Morgan fingerprint density at radius 3 is 2.17 bits per heavy atom. The van der Waals surface area contributed by atoms with Gasteiger partial charge in [-0.2, -0.15) is 17.4 Å². The van der Waals surface area contributed by atoms with Crippen molar-refractivity contribution in [1.29, 1.82) is 0 Å². The first-order chi connectivity index (χ1) is 5.42. The van der Waals surface area contributed by atoms with Crippen LogP contribution in [0.4, 0.5) is 0 Å². The largest absolute Gasteiger partial charge is 0.279 e. The first-order valence-corrected chi connectivity index (χ1v) is 5.55. The highest BCUT2D eigenvalue weighted by Gasteiger charge is 2.29. The molecule has 0 atom stereocenters. The molecule has 0 bridgehead atoms. The van der Waals surface area contributed by atoms with Crippen LogP contribution in [0.3, 0.4) is 0 Å². The Balaban J connectivity index is 2.42. The maximum absolute atomic E-state index is 11.3. The van der Waals surface area contributed by atoms with Crippen LogP contribution < -0.4 is 4.72 Å². The Kier molecular flexibility index (Phi) is 2.75. The molecule has 0 amide bonds. The van der Waals surface area contributed by atoms with Crippen LogP contribution in [-0.2, 0) is 10.2 Å². The molecule has 1 aliphatic rings. The monoisotopic (exact) mass is 192 g/mol. The van der Waals surface area contributed by atoms with E-state index >= 15 is 0 Å². The van der Waals surface area contributed by atoms with Crippen LogP contribution in [0, 0.1) is 5.92 Å². The second-order valence-electron chi connectivity index (χ2n) is 3.68. The minimum Gasteiger partial charge on any atom is -0.199 e. The zero-order valence-electron chi connectivity index (χ0n) is 7.74. The fraction of sp³-hybridized carbons (Fsp3) is 1.00. The third-order valence-electron chi connectivity index (χ3n) is 2.17. The third-order valence-corrected chi connectivity index (χ3v) is 3.76. The zero-order chi connectivity index (χ0) is 9.35. The molecule has 1 aliphatic carbocycles. The number of nitrogens with zero attached hydrogens (tertiary/aromatic N) is 1. The van der Waals surface area contributed by atoms with Crippen molar-refractivity contribution in [2.45, 2.75) is 25.8 Å². The van der Waals surface area contributed by atoms with Gasteiger partial charge in [0.25, 0.3) is 10.2 Å². The first-order valence-electron chi connectivity index (χ1n) is 4.11. The molecular weight excluding hydrogens is 176 g/mol. The van der Waals surface area contributed by atoms with Crippen molar-refractivity contribution >= 4 is 10.2 Å². The molecule has 4 nitrogen and oxygen atoms in total. The van der Waals surface area contributed by atoms with Crippen molar-refractivity contribution in [3.05, 3.63) is 0 Å². The first kappa shape index (κ1) is 9.95. The summed E-state index contributed by atoms with van der Waals surface area (Å²) in [4.78, 5) is 0. The molecular formula is C7H16N2O2S. The number of rotatable bonds is 3. The number of nitrogens with one attached hydrogen (secondary N) is 1. The van der Waals surface area contributed by atoms with E-state index in [1.165, 1.54) is 18.4 Å². The van der Waals surface area contributed by atoms with Gasteiger partial charge in [-0.3, -0.25) is 0 Å². The van der Waals surface area contributed by atoms with E-state index in [0.29, 0.717) is 5.92 Å². The standard InChI is InChI=1S/C7H16N2O2S/c1-6-4-7(5-6)8-12(10,11)9(2)3/h6-8H,4-5H2,1-3H3. The predicted molar refractivity (Wildman–Crippen MR) is 47.9 cm³/mol. The fourth-order valence-electron chi connectivity index (χ4n) is 1.31. The summed E-state index contributed by atoms with van der Waals surface area (Å²) < 4.78 is 26.3. The van der Waals surface area contributed by atoms with Crippen LogP contribution in [0.2, 0.25) is 0 Å². The summed E-state index contributed by atoms with van der Waals surface area (Å²) in [7, 11) is -0.134. The Morgan fingerprint density at radius 2 is 1.83 bits per heavy atom. The van der Waals surface area contributed by atoms with Crippen LogP contribution in [0.15, 0.2) is 0 Å². The third kappa shape index (κ3) is 2.18. The highest BCUT2D eigenvalue weighted by molar-refractivity contribution is 7.87. The smallest absolute Gasteiger partial charge is 0.199 e. The normalized spacial score (nSPS) is 30.3. The Bertz CT molecular complexity index is 242. The summed E-state index contributed by atoms with van der Waals surface area (Å²) in [6.07, 6.45) is 1.93. The van der Waals surface area contributed by atoms with Gasteiger partial charge in [-0.1, -0.05) is 6.92 Å². The summed E-state index contributed by atoms with van der Waals surface area (Å²) in [6.45, 7) is 2.13. The van der Waals surface area contributed by atoms with Gasteiger partial charge in [0.1, 0.15) is 0 Å². The quantitative estimate of drug-likeness (QED) is 0.693. The molecule has 1 saturated carbocycles. The molecule has 0 radical (unpaired) electrons. The second-order valence-corrected chi connectivity index (χ2v) is 5.59. The minimum absolute atomic E-state index is 0.160. The van der Waals surface area contributed by atoms with Crippen molar-refractivity contribution in [3.63, 3.8) is 0 Å². The number of hydrogen-bond donors (Lipinski definition) is 1. The van der Waals surface area contributed by atoms with Gasteiger partial charge in [0.05, 0.1) is 0 Å². The lowest BCUT2D eigenvalue weighted by atomic mass is 9.83. The van der Waals surface area contributed by atoms with Gasteiger partial charge in [0.15, 0.2) is 0 Å². The molecule has 0 aromatic rings. The van der Waals surface area contributed by atoms with Crippen molar-refractivity contribution in [2.24, 2.45) is 5.92 Å². The van der Waals surface area contributed by atoms with E-state index in [1.54, 1.807) is 0 Å². The van der Waals surface area contributed by atoms with Crippen LogP contribution >= 0.6 is 0 Å². The average Bonchev–Trinajstić information content (AvgIpc) is 1.83. The van der Waals surface area contributed by atoms with Crippen molar-refractivity contribution in [3.8, 4) is 0 Å². The Hall–Kier alpha value is -0.130. The van der Waals surface area contributed by atoms with Crippen molar-refractivity contribution in [1.82, 2.24) is 9.03 Å². The maximum atomic E-state index is 11.3. The molecule has 0 spiro atoms. The molecule has 12 heavy (non-hydrogen) atoms. The topological polar surface area (TPSA) is 49.4 Å². The van der Waals surface area contributed by atoms with Crippen molar-refractivity contribution < 1.29 is 8.42 Å². The van der Waals surface area contributed by atoms with E-state index < -0.39 is 10.2 Å². The van der Waals surface area contributed by atoms with E-state index in [2.05, 4.69) is 11.6 Å². The summed E-state index contributed by atoms with van der Waals surface area (Å²) in [5.41, 5.74) is 0. The van der Waals surface area contributed by atoms with E-state index in [-0.39, 0.29) is 6.04 Å². The molecule has 0 heterocycles. The molecule has 0 aromatic carbocycles. The van der Waals surface area contributed by atoms with Crippen molar-refractivity contribution in [2.75, 3.05) is 14.1 Å². The van der Waals surface area contributed by atoms with Gasteiger partial charge >= 0.3 is 0 Å². The molecule has 0 unspecified atom stereocenters. The second kappa shape index (κ2) is 3.32. The molecule has 1 fully saturated rings. The Labute approximate surface area is 74.1 Å². The number of hydrogen-bond acceptors (Lipinski definition) is 2. The summed E-state index contributed by atoms with van der Waals surface area (Å²) in [5, 5.41) is 0. The lowest BCUT2D eigenvalue weighted by Crippen LogP contribution is -2.47. The lowest BCUT2D eigenvalue weighted by molar-refractivity contribution is 0.267. The maximum Gasteiger partial charge on any atom is 0.279 e. The summed E-state index contributed by atoms with van der Waals surface area (Å²) in [6, 6.07) is 0.160. The van der Waals surface area contributed by atoms with E-state index in [0.717, 1.165) is 12.8 Å². The molecule has 1 rings (SSSR count). The van der Waals surface area contributed by atoms with Gasteiger partial charge in [0.2, 0.25) is 0 Å². The SMILES string of the molecule is CC1CC(NS(=O)(=O)N(C)C)C1. The average molecular weight is 192 g/mol. The summed E-state index contributed by atoms with van der Waals surface area (Å²) >= 11 is 0. The van der Waals surface area contributed by atoms with Gasteiger partial charge in [0, 0.05) is 20.1 Å². The molecule has 0 aromatic heterocycles. The Morgan fingerprint density at radius 1 is 1.33 bits per heavy atom. The fourth-order valence-corrected chi connectivity index (χ4v) is 2.14. The zero-order valence-corrected chi connectivity index (χ0v) is 8.56. The molecule has 0 saturated heterocycles. The molecule has 5 heteroatoms. The highest BCUT2D eigenvalue weighted by atomic mass is 32.2. The van der Waals surface area contributed by atoms with E-state index in [9.17, 15) is 8.42 Å². The highest BCUT2D eigenvalue weighted by Crippen LogP contribution is 2.26. The van der Waals surface area contributed by atoms with Gasteiger partial charge in [-0.05, 0) is 18.8 Å². The summed E-state index contributed by atoms with van der Waals surface area (Å²) in [5.74, 6) is 0.667. The van der Waals surface area contributed by atoms with Crippen LogP contribution in [-0.4, -0.2) is 32.9 Å². The van der Waals surface area contributed by atoms with Gasteiger partial charge in [-0.25, -0.2) is 0 Å². The molecule has 0 aliphatic heterocycles. The predicted octanol–water partition coefficient (Wildman–Crippen LogP) is 0.181. The minimum atomic E-state index is -3.20.